The largest absolute Gasteiger partial charge is 0.456 e. The Kier molecular flexibility index (Phi) is 4.51. The number of alkyl halides is 1. The van der Waals surface area contributed by atoms with Crippen LogP contribution in [-0.2, 0) is 0 Å². The number of rotatable bonds is 4. The van der Waals surface area contributed by atoms with E-state index in [0.29, 0.717) is 30.3 Å². The minimum Gasteiger partial charge on any atom is -0.456 e. The van der Waals surface area contributed by atoms with Gasteiger partial charge in [0.05, 0.1) is 12.6 Å². The van der Waals surface area contributed by atoms with Crippen LogP contribution >= 0.6 is 0 Å². The molecule has 24 heavy (non-hydrogen) atoms. The fraction of sp³-hybridized carbons (Fsp3) is 0.471. The Morgan fingerprint density at radius 2 is 2.29 bits per heavy atom. The van der Waals surface area contributed by atoms with Gasteiger partial charge in [-0.25, -0.2) is 4.39 Å². The lowest BCUT2D eigenvalue weighted by atomic mass is 10.2. The van der Waals surface area contributed by atoms with Crippen LogP contribution in [0.1, 0.15) is 28.3 Å². The second-order valence-electron chi connectivity index (χ2n) is 6.28. The first-order chi connectivity index (χ1) is 11.5. The second kappa shape index (κ2) is 6.59. The highest BCUT2D eigenvalue weighted by Gasteiger charge is 2.35. The number of nitrogens with zero attached hydrogens (tertiary/aromatic N) is 4. The quantitative estimate of drug-likeness (QED) is 0.860. The lowest BCUT2D eigenvalue weighted by molar-refractivity contribution is 0.0752. The van der Waals surface area contributed by atoms with Crippen LogP contribution in [0.25, 0.3) is 0 Å². The summed E-state index contributed by atoms with van der Waals surface area (Å²) >= 11 is 0. The molecule has 0 aromatic carbocycles. The van der Waals surface area contributed by atoms with Crippen LogP contribution in [-0.4, -0.2) is 53.4 Å². The molecule has 6 nitrogen and oxygen atoms in total. The summed E-state index contributed by atoms with van der Waals surface area (Å²) in [7, 11) is 1.71. The Morgan fingerprint density at radius 3 is 2.92 bits per heavy atom. The van der Waals surface area contributed by atoms with Gasteiger partial charge in [-0.15, -0.1) is 5.10 Å². The zero-order chi connectivity index (χ0) is 17.3. The predicted molar refractivity (Wildman–Crippen MR) is 87.8 cm³/mol. The van der Waals surface area contributed by atoms with Crippen molar-refractivity contribution in [3.05, 3.63) is 41.5 Å². The van der Waals surface area contributed by atoms with Crippen LogP contribution in [0.15, 0.2) is 28.8 Å². The van der Waals surface area contributed by atoms with Crippen molar-refractivity contribution in [3.63, 3.8) is 0 Å². The number of carbonyl (C=O) groups excluding carboxylic acids is 1. The molecule has 2 atom stereocenters. The zero-order valence-electron chi connectivity index (χ0n) is 14.1. The van der Waals surface area contributed by atoms with E-state index in [-0.39, 0.29) is 18.5 Å². The van der Waals surface area contributed by atoms with Gasteiger partial charge in [0, 0.05) is 31.8 Å². The van der Waals surface area contributed by atoms with Gasteiger partial charge in [0.1, 0.15) is 11.9 Å². The number of anilines is 1. The van der Waals surface area contributed by atoms with E-state index in [4.69, 9.17) is 4.42 Å². The molecule has 2 aromatic rings. The standard InChI is InChI=1S/C17H21FN4O2/c1-11-7-12(2)24-16(11)17(23)21(3)10-14-8-13(18)9-22(14)15-5-4-6-19-20-15/h4-7,13-14H,8-10H2,1-3H3/t13-,14-/m0/s1. The molecule has 1 fully saturated rings. The van der Waals surface area contributed by atoms with Gasteiger partial charge in [-0.1, -0.05) is 0 Å². The SMILES string of the molecule is Cc1cc(C)c(C(=O)N(C)C[C@@H]2C[C@H](F)CN2c2cccnn2)o1. The summed E-state index contributed by atoms with van der Waals surface area (Å²) in [4.78, 5) is 16.0. The van der Waals surface area contributed by atoms with Crippen molar-refractivity contribution in [2.45, 2.75) is 32.5 Å². The summed E-state index contributed by atoms with van der Waals surface area (Å²) in [6, 6.07) is 5.27. The van der Waals surface area contributed by atoms with Gasteiger partial charge in [-0.05, 0) is 32.0 Å². The summed E-state index contributed by atoms with van der Waals surface area (Å²) in [6.07, 6.45) is 1.01. The first kappa shape index (κ1) is 16.4. The summed E-state index contributed by atoms with van der Waals surface area (Å²) in [5.41, 5.74) is 0.810. The fourth-order valence-corrected chi connectivity index (χ4v) is 3.19. The molecule has 0 N–H and O–H groups in total. The van der Waals surface area contributed by atoms with E-state index in [1.54, 1.807) is 30.3 Å². The van der Waals surface area contributed by atoms with Gasteiger partial charge in [-0.3, -0.25) is 4.79 Å². The summed E-state index contributed by atoms with van der Waals surface area (Å²) in [6.45, 7) is 4.32. The van der Waals surface area contributed by atoms with Crippen molar-refractivity contribution in [1.29, 1.82) is 0 Å². The Morgan fingerprint density at radius 1 is 1.50 bits per heavy atom. The molecule has 1 aliphatic rings. The number of aromatic nitrogens is 2. The lowest BCUT2D eigenvalue weighted by Crippen LogP contribution is -2.41. The molecule has 0 aliphatic carbocycles. The molecular weight excluding hydrogens is 311 g/mol. The number of amides is 1. The fourth-order valence-electron chi connectivity index (χ4n) is 3.19. The van der Waals surface area contributed by atoms with Crippen molar-refractivity contribution in [2.75, 3.05) is 25.0 Å². The van der Waals surface area contributed by atoms with Crippen LogP contribution in [0.2, 0.25) is 0 Å². The number of hydrogen-bond acceptors (Lipinski definition) is 5. The molecule has 2 aromatic heterocycles. The van der Waals surface area contributed by atoms with Gasteiger partial charge in [0.25, 0.3) is 5.91 Å². The van der Waals surface area contributed by atoms with Gasteiger partial charge in [0.2, 0.25) is 0 Å². The highest BCUT2D eigenvalue weighted by Crippen LogP contribution is 2.26. The Labute approximate surface area is 140 Å². The van der Waals surface area contributed by atoms with Crippen molar-refractivity contribution < 1.29 is 13.6 Å². The number of carbonyl (C=O) groups is 1. The third-order valence-electron chi connectivity index (χ3n) is 4.28. The lowest BCUT2D eigenvalue weighted by Gasteiger charge is -2.28. The van der Waals surface area contributed by atoms with Crippen LogP contribution in [0.4, 0.5) is 10.2 Å². The molecule has 3 heterocycles. The minimum atomic E-state index is -0.937. The smallest absolute Gasteiger partial charge is 0.289 e. The highest BCUT2D eigenvalue weighted by atomic mass is 19.1. The molecule has 1 amide bonds. The monoisotopic (exact) mass is 332 g/mol. The molecule has 7 heteroatoms. The normalized spacial score (nSPS) is 20.4. The zero-order valence-corrected chi connectivity index (χ0v) is 14.1. The summed E-state index contributed by atoms with van der Waals surface area (Å²) in [5, 5.41) is 7.92. The van der Waals surface area contributed by atoms with Crippen molar-refractivity contribution >= 4 is 11.7 Å². The van der Waals surface area contributed by atoms with E-state index in [9.17, 15) is 9.18 Å². The first-order valence-corrected chi connectivity index (χ1v) is 7.96. The maximum atomic E-state index is 13.9. The van der Waals surface area contributed by atoms with E-state index >= 15 is 0 Å². The average Bonchev–Trinajstić information content (AvgIpc) is 3.09. The van der Waals surface area contributed by atoms with Gasteiger partial charge < -0.3 is 14.2 Å². The molecule has 0 bridgehead atoms. The predicted octanol–water partition coefficient (Wildman–Crippen LogP) is 2.38. The molecular formula is C17H21FN4O2. The number of aryl methyl sites for hydroxylation is 2. The molecule has 0 saturated carbocycles. The van der Waals surface area contributed by atoms with Crippen molar-refractivity contribution in [3.8, 4) is 0 Å². The van der Waals surface area contributed by atoms with E-state index in [1.165, 1.54) is 0 Å². The average molecular weight is 332 g/mol. The van der Waals surface area contributed by atoms with Crippen LogP contribution in [0.5, 0.6) is 0 Å². The maximum Gasteiger partial charge on any atom is 0.289 e. The summed E-state index contributed by atoms with van der Waals surface area (Å²) in [5.74, 6) is 1.49. The van der Waals surface area contributed by atoms with Gasteiger partial charge in [0.15, 0.2) is 11.6 Å². The Bertz CT molecular complexity index is 719. The van der Waals surface area contributed by atoms with Crippen molar-refractivity contribution in [2.24, 2.45) is 0 Å². The topological polar surface area (TPSA) is 62.5 Å². The Hall–Kier alpha value is -2.44. The summed E-state index contributed by atoms with van der Waals surface area (Å²) < 4.78 is 19.4. The molecule has 1 saturated heterocycles. The van der Waals surface area contributed by atoms with E-state index in [2.05, 4.69) is 10.2 Å². The number of hydrogen-bond donors (Lipinski definition) is 0. The number of likely N-dealkylation sites (N-methyl/N-ethyl adjacent to an activating group) is 1. The van der Waals surface area contributed by atoms with Crippen LogP contribution in [0, 0.1) is 13.8 Å². The van der Waals surface area contributed by atoms with E-state index in [1.807, 2.05) is 24.8 Å². The van der Waals surface area contributed by atoms with Crippen molar-refractivity contribution in [1.82, 2.24) is 15.1 Å². The second-order valence-corrected chi connectivity index (χ2v) is 6.28. The minimum absolute atomic E-state index is 0.137. The molecule has 0 spiro atoms. The third kappa shape index (κ3) is 3.25. The van der Waals surface area contributed by atoms with Crippen LogP contribution in [0.3, 0.4) is 0 Å². The molecule has 128 valence electrons. The number of halogens is 1. The van der Waals surface area contributed by atoms with Gasteiger partial charge in [-0.2, -0.15) is 5.10 Å². The highest BCUT2D eigenvalue weighted by molar-refractivity contribution is 5.92. The first-order valence-electron chi connectivity index (χ1n) is 7.96. The van der Waals surface area contributed by atoms with E-state index in [0.717, 1.165) is 5.56 Å². The third-order valence-corrected chi connectivity index (χ3v) is 4.28. The molecule has 1 aliphatic heterocycles. The Balaban J connectivity index is 1.74. The molecule has 0 unspecified atom stereocenters. The van der Waals surface area contributed by atoms with E-state index < -0.39 is 6.17 Å². The maximum absolute atomic E-state index is 13.9. The van der Waals surface area contributed by atoms with Crippen LogP contribution < -0.4 is 4.90 Å². The molecule has 0 radical (unpaired) electrons. The molecule has 3 rings (SSSR count). The number of furan rings is 1. The van der Waals surface area contributed by atoms with Gasteiger partial charge >= 0.3 is 0 Å².